The Morgan fingerprint density at radius 3 is 2.45 bits per heavy atom. The molecule has 1 rings (SSSR count). The summed E-state index contributed by atoms with van der Waals surface area (Å²) in [5.74, 6) is 1.77. The normalized spacial score (nSPS) is 13.9. The minimum Gasteiger partial charge on any atom is -0.368 e. The summed E-state index contributed by atoms with van der Waals surface area (Å²) < 4.78 is 0. The van der Waals surface area contributed by atoms with Crippen LogP contribution in [0.25, 0.3) is 0 Å². The van der Waals surface area contributed by atoms with Gasteiger partial charge in [-0.15, -0.1) is 0 Å². The van der Waals surface area contributed by atoms with Crippen LogP contribution >= 0.6 is 11.8 Å². The van der Waals surface area contributed by atoms with Crippen LogP contribution in [-0.4, -0.2) is 24.0 Å². The minimum atomic E-state index is -0.738. The first-order valence-electron chi connectivity index (χ1n) is 7.35. The third-order valence-corrected chi connectivity index (χ3v) is 4.52. The van der Waals surface area contributed by atoms with Crippen molar-refractivity contribution in [1.29, 1.82) is 0 Å². The zero-order valence-electron chi connectivity index (χ0n) is 12.5. The third-order valence-electron chi connectivity index (χ3n) is 3.33. The number of nitrogens with two attached hydrogens (primary N) is 1. The highest BCUT2D eigenvalue weighted by Crippen LogP contribution is 2.27. The molecular formula is C16H26N2OS. The summed E-state index contributed by atoms with van der Waals surface area (Å²) in [5.41, 5.74) is 5.98. The lowest BCUT2D eigenvalue weighted by molar-refractivity contribution is -0.125. The molecule has 0 heterocycles. The number of benzene rings is 1. The molecule has 0 spiro atoms. The molecule has 0 saturated carbocycles. The molecule has 20 heavy (non-hydrogen) atoms. The summed E-state index contributed by atoms with van der Waals surface area (Å²) >= 11 is 1.88. The smallest absolute Gasteiger partial charge is 0.242 e. The van der Waals surface area contributed by atoms with Crippen LogP contribution in [0.3, 0.4) is 0 Å². The topological polar surface area (TPSA) is 55.1 Å². The van der Waals surface area contributed by atoms with Gasteiger partial charge < -0.3 is 5.73 Å². The number of carbonyl (C=O) groups is 1. The van der Waals surface area contributed by atoms with E-state index in [1.807, 2.05) is 42.1 Å². The Balaban J connectivity index is 2.92. The zero-order chi connectivity index (χ0) is 14.8. The van der Waals surface area contributed by atoms with Gasteiger partial charge in [0.05, 0.1) is 0 Å². The van der Waals surface area contributed by atoms with Crippen LogP contribution in [0.2, 0.25) is 0 Å². The summed E-state index contributed by atoms with van der Waals surface area (Å²) in [6, 6.07) is 9.84. The van der Waals surface area contributed by atoms with Crippen molar-refractivity contribution in [3.8, 4) is 0 Å². The van der Waals surface area contributed by atoms with Crippen LogP contribution in [0.5, 0.6) is 0 Å². The van der Waals surface area contributed by atoms with Crippen molar-refractivity contribution in [2.75, 3.05) is 18.1 Å². The lowest BCUT2D eigenvalue weighted by atomic mass is 9.86. The fourth-order valence-corrected chi connectivity index (χ4v) is 3.16. The number of nitrogens with one attached hydrogen (secondary N) is 1. The molecule has 0 aromatic heterocycles. The minimum absolute atomic E-state index is 0.283. The maximum absolute atomic E-state index is 12.1. The monoisotopic (exact) mass is 294 g/mol. The second-order valence-corrected chi connectivity index (χ2v) is 6.15. The van der Waals surface area contributed by atoms with Crippen molar-refractivity contribution in [3.05, 3.63) is 35.9 Å². The molecule has 1 amide bonds. The molecule has 0 fully saturated rings. The number of amides is 1. The maximum Gasteiger partial charge on any atom is 0.242 e. The Morgan fingerprint density at radius 1 is 1.20 bits per heavy atom. The van der Waals surface area contributed by atoms with Gasteiger partial charge in [-0.25, -0.2) is 0 Å². The number of hydrogen-bond donors (Lipinski definition) is 2. The Hall–Kier alpha value is -1.00. The number of thioether (sulfide) groups is 1. The largest absolute Gasteiger partial charge is 0.368 e. The Bertz CT molecular complexity index is 397. The second-order valence-electron chi connectivity index (χ2n) is 4.92. The van der Waals surface area contributed by atoms with Gasteiger partial charge in [-0.2, -0.15) is 11.8 Å². The second kappa shape index (κ2) is 9.03. The average Bonchev–Trinajstić information content (AvgIpc) is 2.47. The Kier molecular flexibility index (Phi) is 7.70. The van der Waals surface area contributed by atoms with E-state index >= 15 is 0 Å². The van der Waals surface area contributed by atoms with Crippen LogP contribution in [0.4, 0.5) is 0 Å². The van der Waals surface area contributed by atoms with E-state index in [4.69, 9.17) is 5.73 Å². The summed E-state index contributed by atoms with van der Waals surface area (Å²) in [7, 11) is 0. The first-order chi connectivity index (χ1) is 9.67. The lowest BCUT2D eigenvalue weighted by Crippen LogP contribution is -2.53. The highest BCUT2D eigenvalue weighted by molar-refractivity contribution is 7.99. The fourth-order valence-electron chi connectivity index (χ4n) is 2.22. The predicted molar refractivity (Wildman–Crippen MR) is 87.8 cm³/mol. The molecule has 0 bridgehead atoms. The van der Waals surface area contributed by atoms with Crippen LogP contribution in [0.15, 0.2) is 30.3 Å². The van der Waals surface area contributed by atoms with E-state index in [0.717, 1.165) is 42.9 Å². The van der Waals surface area contributed by atoms with E-state index in [9.17, 15) is 4.79 Å². The van der Waals surface area contributed by atoms with Crippen molar-refractivity contribution < 1.29 is 4.79 Å². The number of rotatable bonds is 10. The molecule has 112 valence electrons. The van der Waals surface area contributed by atoms with Crippen molar-refractivity contribution in [2.24, 2.45) is 5.73 Å². The summed E-state index contributed by atoms with van der Waals surface area (Å²) in [6.07, 6.45) is 2.86. The molecule has 1 aromatic carbocycles. The SMILES string of the molecule is CCCNC(CCSCCC)(C(N)=O)c1ccccc1. The van der Waals surface area contributed by atoms with Gasteiger partial charge in [0.15, 0.2) is 0 Å². The summed E-state index contributed by atoms with van der Waals surface area (Å²) in [5, 5.41) is 3.39. The molecule has 3 nitrogen and oxygen atoms in total. The molecule has 4 heteroatoms. The van der Waals surface area contributed by atoms with E-state index in [0.29, 0.717) is 0 Å². The van der Waals surface area contributed by atoms with Crippen molar-refractivity contribution in [3.63, 3.8) is 0 Å². The molecule has 0 radical (unpaired) electrons. The molecule has 0 aliphatic heterocycles. The van der Waals surface area contributed by atoms with E-state index < -0.39 is 5.54 Å². The van der Waals surface area contributed by atoms with Crippen molar-refractivity contribution >= 4 is 17.7 Å². The average molecular weight is 294 g/mol. The van der Waals surface area contributed by atoms with Gasteiger partial charge in [-0.3, -0.25) is 10.1 Å². The number of primary amides is 1. The number of carbonyl (C=O) groups excluding carboxylic acids is 1. The molecule has 1 aromatic rings. The Morgan fingerprint density at radius 2 is 1.90 bits per heavy atom. The highest BCUT2D eigenvalue weighted by Gasteiger charge is 2.37. The predicted octanol–water partition coefficient (Wildman–Crippen LogP) is 2.90. The van der Waals surface area contributed by atoms with Crippen molar-refractivity contribution in [1.82, 2.24) is 5.32 Å². The van der Waals surface area contributed by atoms with Gasteiger partial charge in [-0.05, 0) is 42.9 Å². The quantitative estimate of drug-likeness (QED) is 0.652. The van der Waals surface area contributed by atoms with E-state index in [1.54, 1.807) is 0 Å². The standard InChI is InChI=1S/C16H26N2OS/c1-3-11-18-16(15(17)19,10-13-20-12-4-2)14-8-6-5-7-9-14/h5-9,18H,3-4,10-13H2,1-2H3,(H2,17,19). The van der Waals surface area contributed by atoms with Gasteiger partial charge in [0, 0.05) is 0 Å². The molecule has 3 N–H and O–H groups in total. The Labute approximate surface area is 126 Å². The molecule has 1 unspecified atom stereocenters. The van der Waals surface area contributed by atoms with Gasteiger partial charge in [0.1, 0.15) is 5.54 Å². The fraction of sp³-hybridized carbons (Fsp3) is 0.562. The molecule has 1 atom stereocenters. The van der Waals surface area contributed by atoms with Gasteiger partial charge in [0.25, 0.3) is 0 Å². The maximum atomic E-state index is 12.1. The molecule has 0 aliphatic rings. The zero-order valence-corrected chi connectivity index (χ0v) is 13.3. The summed E-state index contributed by atoms with van der Waals surface area (Å²) in [6.45, 7) is 5.05. The van der Waals surface area contributed by atoms with Gasteiger partial charge in [0.2, 0.25) is 5.91 Å². The third kappa shape index (κ3) is 4.53. The van der Waals surface area contributed by atoms with Crippen LogP contribution in [-0.2, 0) is 10.3 Å². The van der Waals surface area contributed by atoms with Crippen LogP contribution in [0, 0.1) is 0 Å². The van der Waals surface area contributed by atoms with Gasteiger partial charge >= 0.3 is 0 Å². The van der Waals surface area contributed by atoms with Crippen LogP contribution in [0.1, 0.15) is 38.7 Å². The highest BCUT2D eigenvalue weighted by atomic mass is 32.2. The van der Waals surface area contributed by atoms with Gasteiger partial charge in [-0.1, -0.05) is 44.2 Å². The molecular weight excluding hydrogens is 268 g/mol. The van der Waals surface area contributed by atoms with E-state index in [1.165, 1.54) is 0 Å². The number of hydrogen-bond acceptors (Lipinski definition) is 3. The molecule has 0 aliphatic carbocycles. The molecule has 0 saturated heterocycles. The van der Waals surface area contributed by atoms with Crippen molar-refractivity contribution in [2.45, 2.75) is 38.6 Å². The van der Waals surface area contributed by atoms with E-state index in [-0.39, 0.29) is 5.91 Å². The van der Waals surface area contributed by atoms with E-state index in [2.05, 4.69) is 19.2 Å². The van der Waals surface area contributed by atoms with Crippen LogP contribution < -0.4 is 11.1 Å². The lowest BCUT2D eigenvalue weighted by Gasteiger charge is -2.32. The summed E-state index contributed by atoms with van der Waals surface area (Å²) in [4.78, 5) is 12.1. The first-order valence-corrected chi connectivity index (χ1v) is 8.51. The first kappa shape index (κ1) is 17.1.